The lowest BCUT2D eigenvalue weighted by Crippen LogP contribution is -2.33. The summed E-state index contributed by atoms with van der Waals surface area (Å²) in [6, 6.07) is 10.9. The van der Waals surface area contributed by atoms with Crippen molar-refractivity contribution in [1.29, 1.82) is 0 Å². The van der Waals surface area contributed by atoms with Crippen molar-refractivity contribution >= 4 is 23.4 Å². The van der Waals surface area contributed by atoms with Crippen LogP contribution < -0.4 is 25.4 Å². The number of benzene rings is 1. The lowest BCUT2D eigenvalue weighted by molar-refractivity contribution is -0.116. The van der Waals surface area contributed by atoms with Gasteiger partial charge in [0, 0.05) is 37.5 Å². The van der Waals surface area contributed by atoms with Crippen LogP contribution in [0.3, 0.4) is 0 Å². The van der Waals surface area contributed by atoms with Crippen LogP contribution in [0.4, 0.5) is 11.5 Å². The van der Waals surface area contributed by atoms with E-state index in [1.807, 2.05) is 31.2 Å². The van der Waals surface area contributed by atoms with Gasteiger partial charge in [-0.1, -0.05) is 6.07 Å². The number of aliphatic imine (C=N–C) groups is 1. The maximum atomic E-state index is 12.0. The molecule has 1 aromatic heterocycles. The van der Waals surface area contributed by atoms with Gasteiger partial charge in [-0.15, -0.1) is 0 Å². The Morgan fingerprint density at radius 3 is 2.56 bits per heavy atom. The molecule has 1 amide bonds. The number of hydrogen-bond donors (Lipinski definition) is 3. The second-order valence-electron chi connectivity index (χ2n) is 5.66. The monoisotopic (exact) mass is 371 g/mol. The van der Waals surface area contributed by atoms with E-state index < -0.39 is 0 Å². The number of methoxy groups -OCH3 is 2. The number of rotatable bonds is 7. The third-order valence-electron chi connectivity index (χ3n) is 3.67. The molecule has 144 valence electrons. The first-order chi connectivity index (χ1) is 13.0. The van der Waals surface area contributed by atoms with Gasteiger partial charge in [-0.25, -0.2) is 4.98 Å². The van der Waals surface area contributed by atoms with E-state index in [9.17, 15) is 4.79 Å². The molecule has 0 bridgehead atoms. The van der Waals surface area contributed by atoms with Crippen LogP contribution in [0.2, 0.25) is 0 Å². The zero-order valence-electron chi connectivity index (χ0n) is 16.0. The number of ether oxygens (including phenoxy) is 2. The minimum absolute atomic E-state index is 0.123. The molecular weight excluding hydrogens is 346 g/mol. The number of amides is 1. The molecule has 0 saturated carbocycles. The number of nitrogens with zero attached hydrogens (tertiary/aromatic N) is 2. The highest BCUT2D eigenvalue weighted by Gasteiger charge is 2.07. The van der Waals surface area contributed by atoms with Gasteiger partial charge in [0.05, 0.1) is 14.2 Å². The summed E-state index contributed by atoms with van der Waals surface area (Å²) in [7, 11) is 4.83. The lowest BCUT2D eigenvalue weighted by Gasteiger charge is -2.14. The molecule has 0 radical (unpaired) electrons. The van der Waals surface area contributed by atoms with Gasteiger partial charge >= 0.3 is 0 Å². The number of anilines is 2. The fraction of sp³-hybridized carbons (Fsp3) is 0.316. The molecule has 0 atom stereocenters. The third kappa shape index (κ3) is 6.18. The highest BCUT2D eigenvalue weighted by Crippen LogP contribution is 2.29. The highest BCUT2D eigenvalue weighted by molar-refractivity contribution is 5.94. The molecule has 27 heavy (non-hydrogen) atoms. The average molecular weight is 371 g/mol. The summed E-state index contributed by atoms with van der Waals surface area (Å²) in [6.07, 6.45) is 0.280. The van der Waals surface area contributed by atoms with E-state index >= 15 is 0 Å². The van der Waals surface area contributed by atoms with Crippen molar-refractivity contribution in [2.24, 2.45) is 4.99 Å². The third-order valence-corrected chi connectivity index (χ3v) is 3.67. The summed E-state index contributed by atoms with van der Waals surface area (Å²) in [5.41, 5.74) is 1.64. The second kappa shape index (κ2) is 10.0. The number of hydrogen-bond acceptors (Lipinski definition) is 5. The topological polar surface area (TPSA) is 96.9 Å². The van der Waals surface area contributed by atoms with E-state index in [4.69, 9.17) is 9.47 Å². The number of pyridine rings is 1. The molecule has 2 rings (SSSR count). The first kappa shape index (κ1) is 20.0. The standard InChI is InChI=1S/C19H25N5O3/c1-13-6-5-7-17(22-13)24-18(25)10-11-21-19(20-2)23-14-8-9-15(26-3)16(12-14)27-4/h5-9,12H,10-11H2,1-4H3,(H2,20,21,23)(H,22,24,25). The second-order valence-corrected chi connectivity index (χ2v) is 5.66. The number of aromatic nitrogens is 1. The van der Waals surface area contributed by atoms with Gasteiger partial charge < -0.3 is 25.4 Å². The van der Waals surface area contributed by atoms with E-state index in [2.05, 4.69) is 25.9 Å². The van der Waals surface area contributed by atoms with Gasteiger partial charge in [0.25, 0.3) is 0 Å². The van der Waals surface area contributed by atoms with Crippen LogP contribution in [0.5, 0.6) is 11.5 Å². The van der Waals surface area contributed by atoms with Crippen molar-refractivity contribution in [3.8, 4) is 11.5 Å². The quantitative estimate of drug-likeness (QED) is 0.511. The van der Waals surface area contributed by atoms with E-state index in [1.165, 1.54) is 0 Å². The summed E-state index contributed by atoms with van der Waals surface area (Å²) in [5.74, 6) is 2.23. The Morgan fingerprint density at radius 1 is 1.11 bits per heavy atom. The van der Waals surface area contributed by atoms with Crippen LogP contribution in [-0.4, -0.2) is 44.7 Å². The maximum absolute atomic E-state index is 12.0. The van der Waals surface area contributed by atoms with Crippen LogP contribution in [0.1, 0.15) is 12.1 Å². The molecule has 3 N–H and O–H groups in total. The Bertz CT molecular complexity index is 808. The number of aryl methyl sites for hydroxylation is 1. The van der Waals surface area contributed by atoms with Gasteiger partial charge in [-0.05, 0) is 31.2 Å². The molecule has 0 saturated heterocycles. The summed E-state index contributed by atoms with van der Waals surface area (Å²) < 4.78 is 10.5. The SMILES string of the molecule is CN=C(NCCC(=O)Nc1cccc(C)n1)Nc1ccc(OC)c(OC)c1. The molecule has 2 aromatic rings. The highest BCUT2D eigenvalue weighted by atomic mass is 16.5. The molecule has 1 aromatic carbocycles. The Morgan fingerprint density at radius 2 is 1.89 bits per heavy atom. The number of carbonyl (C=O) groups excluding carboxylic acids is 1. The Balaban J connectivity index is 1.84. The molecule has 8 nitrogen and oxygen atoms in total. The van der Waals surface area contributed by atoms with Crippen LogP contribution >= 0.6 is 0 Å². The van der Waals surface area contributed by atoms with Crippen LogP contribution in [0.25, 0.3) is 0 Å². The molecule has 0 unspecified atom stereocenters. The summed E-state index contributed by atoms with van der Waals surface area (Å²) in [4.78, 5) is 20.4. The molecular formula is C19H25N5O3. The van der Waals surface area contributed by atoms with Crippen molar-refractivity contribution in [3.63, 3.8) is 0 Å². The maximum Gasteiger partial charge on any atom is 0.227 e. The fourth-order valence-corrected chi connectivity index (χ4v) is 2.34. The Hall–Kier alpha value is -3.29. The minimum atomic E-state index is -0.123. The molecule has 0 spiro atoms. The molecule has 8 heteroatoms. The van der Waals surface area contributed by atoms with Crippen molar-refractivity contribution < 1.29 is 14.3 Å². The van der Waals surface area contributed by atoms with Gasteiger partial charge in [0.1, 0.15) is 5.82 Å². The van der Waals surface area contributed by atoms with E-state index in [0.717, 1.165) is 11.4 Å². The van der Waals surface area contributed by atoms with E-state index in [-0.39, 0.29) is 12.3 Å². The molecule has 0 aliphatic carbocycles. The van der Waals surface area contributed by atoms with Crippen molar-refractivity contribution in [1.82, 2.24) is 10.3 Å². The Labute approximate surface area is 159 Å². The summed E-state index contributed by atoms with van der Waals surface area (Å²) >= 11 is 0. The van der Waals surface area contributed by atoms with Crippen molar-refractivity contribution in [2.75, 3.05) is 38.4 Å². The first-order valence-electron chi connectivity index (χ1n) is 8.49. The fourth-order valence-electron chi connectivity index (χ4n) is 2.34. The van der Waals surface area contributed by atoms with Gasteiger partial charge in [-0.3, -0.25) is 9.79 Å². The van der Waals surface area contributed by atoms with Crippen LogP contribution in [0.15, 0.2) is 41.4 Å². The van der Waals surface area contributed by atoms with Crippen molar-refractivity contribution in [3.05, 3.63) is 42.1 Å². The largest absolute Gasteiger partial charge is 0.493 e. The molecule has 1 heterocycles. The zero-order chi connectivity index (χ0) is 19.6. The van der Waals surface area contributed by atoms with Crippen molar-refractivity contribution in [2.45, 2.75) is 13.3 Å². The molecule has 0 aliphatic rings. The molecule has 0 aliphatic heterocycles. The number of nitrogens with one attached hydrogen (secondary N) is 3. The minimum Gasteiger partial charge on any atom is -0.493 e. The van der Waals surface area contributed by atoms with Crippen LogP contribution in [-0.2, 0) is 4.79 Å². The van der Waals surface area contributed by atoms with E-state index in [1.54, 1.807) is 33.4 Å². The summed E-state index contributed by atoms with van der Waals surface area (Å²) in [5, 5.41) is 9.01. The first-order valence-corrected chi connectivity index (χ1v) is 8.49. The van der Waals surface area contributed by atoms with Gasteiger partial charge in [0.2, 0.25) is 5.91 Å². The van der Waals surface area contributed by atoms with Gasteiger partial charge in [-0.2, -0.15) is 0 Å². The number of guanidine groups is 1. The zero-order valence-corrected chi connectivity index (χ0v) is 16.0. The Kier molecular flexibility index (Phi) is 7.42. The van der Waals surface area contributed by atoms with E-state index in [0.29, 0.717) is 29.8 Å². The predicted molar refractivity (Wildman–Crippen MR) is 107 cm³/mol. The number of carbonyl (C=O) groups is 1. The average Bonchev–Trinajstić information content (AvgIpc) is 2.67. The lowest BCUT2D eigenvalue weighted by atomic mass is 10.2. The van der Waals surface area contributed by atoms with Gasteiger partial charge in [0.15, 0.2) is 17.5 Å². The smallest absolute Gasteiger partial charge is 0.227 e. The summed E-state index contributed by atoms with van der Waals surface area (Å²) in [6.45, 7) is 2.30. The predicted octanol–water partition coefficient (Wildman–Crippen LogP) is 2.42. The molecule has 0 fully saturated rings. The van der Waals surface area contributed by atoms with Crippen LogP contribution in [0, 0.1) is 6.92 Å². The normalized spacial score (nSPS) is 10.9.